The third-order valence-corrected chi connectivity index (χ3v) is 4.04. The molecule has 6 nitrogen and oxygen atoms in total. The van der Waals surface area contributed by atoms with E-state index in [2.05, 4.69) is 4.72 Å². The van der Waals surface area contributed by atoms with Crippen LogP contribution in [0.4, 0.5) is 0 Å². The number of rotatable bonds is 5. The zero-order valence-electron chi connectivity index (χ0n) is 10.8. The highest BCUT2D eigenvalue weighted by Crippen LogP contribution is 2.15. The monoisotopic (exact) mass is 316 g/mol. The van der Waals surface area contributed by atoms with Gasteiger partial charge in [0.05, 0.1) is 4.90 Å². The van der Waals surface area contributed by atoms with E-state index in [0.29, 0.717) is 0 Å². The molecule has 108 valence electrons. The Hall–Kier alpha value is -1.62. The molecule has 2 atom stereocenters. The molecule has 0 aliphatic heterocycles. The number of sulfonamides is 1. The van der Waals surface area contributed by atoms with Gasteiger partial charge in [-0.2, -0.15) is 9.98 Å². The van der Waals surface area contributed by atoms with Crippen LogP contribution in [0.25, 0.3) is 0 Å². The Balaban J connectivity index is 2.82. The topological polar surface area (TPSA) is 96.3 Å². The van der Waals surface area contributed by atoms with Crippen LogP contribution < -0.4 is 4.72 Å². The van der Waals surface area contributed by atoms with Crippen molar-refractivity contribution in [1.29, 1.82) is 5.26 Å². The molecule has 1 aromatic carbocycles. The van der Waals surface area contributed by atoms with Crippen molar-refractivity contribution >= 4 is 27.6 Å². The number of nitrogens with zero attached hydrogens (tertiary/aromatic N) is 1. The molecule has 0 bridgehead atoms. The minimum absolute atomic E-state index is 0.0574. The first-order chi connectivity index (χ1) is 9.26. The lowest BCUT2D eigenvalue weighted by Gasteiger charge is -2.14. The van der Waals surface area contributed by atoms with E-state index in [1.165, 1.54) is 38.1 Å². The van der Waals surface area contributed by atoms with Crippen LogP contribution in [-0.4, -0.2) is 26.5 Å². The van der Waals surface area contributed by atoms with Gasteiger partial charge < -0.3 is 4.74 Å². The molecule has 0 spiro atoms. The van der Waals surface area contributed by atoms with Gasteiger partial charge in [0.2, 0.25) is 10.0 Å². The van der Waals surface area contributed by atoms with E-state index >= 15 is 0 Å². The maximum atomic E-state index is 12.0. The second-order valence-corrected chi connectivity index (χ2v) is 6.16. The number of hydrogen-bond donors (Lipinski definition) is 1. The molecule has 0 aliphatic rings. The van der Waals surface area contributed by atoms with Crippen molar-refractivity contribution in [3.63, 3.8) is 0 Å². The van der Waals surface area contributed by atoms with Gasteiger partial charge in [-0.15, -0.1) is 0 Å². The van der Waals surface area contributed by atoms with Crippen molar-refractivity contribution in [3.05, 3.63) is 29.3 Å². The fraction of sp³-hybridized carbons (Fsp3) is 0.333. The summed E-state index contributed by atoms with van der Waals surface area (Å²) in [5.41, 5.74) is 0. The highest BCUT2D eigenvalue weighted by molar-refractivity contribution is 7.89. The summed E-state index contributed by atoms with van der Waals surface area (Å²) in [5.74, 6) is -0.829. The Kier molecular flexibility index (Phi) is 5.51. The number of carbonyl (C=O) groups excluding carboxylic acids is 1. The normalized spacial score (nSPS) is 14.1. The molecule has 0 heterocycles. The van der Waals surface area contributed by atoms with Crippen LogP contribution >= 0.6 is 11.6 Å². The number of halogens is 1. The first-order valence-electron chi connectivity index (χ1n) is 5.64. The molecule has 0 saturated heterocycles. The second-order valence-electron chi connectivity index (χ2n) is 4.01. The van der Waals surface area contributed by atoms with Crippen molar-refractivity contribution in [2.45, 2.75) is 30.9 Å². The third kappa shape index (κ3) is 4.49. The van der Waals surface area contributed by atoms with Gasteiger partial charge in [-0.1, -0.05) is 17.7 Å². The van der Waals surface area contributed by atoms with Gasteiger partial charge in [0.25, 0.3) is 0 Å². The molecular weight excluding hydrogens is 304 g/mol. The van der Waals surface area contributed by atoms with Crippen LogP contribution in [0.5, 0.6) is 0 Å². The quantitative estimate of drug-likeness (QED) is 0.830. The maximum Gasteiger partial charge on any atom is 0.325 e. The summed E-state index contributed by atoms with van der Waals surface area (Å²) in [7, 11) is -3.89. The van der Waals surface area contributed by atoms with Gasteiger partial charge in [-0.3, -0.25) is 4.79 Å². The molecule has 0 amide bonds. The maximum absolute atomic E-state index is 12.0. The largest absolute Gasteiger partial charge is 0.446 e. The number of nitrogens with one attached hydrogen (secondary N) is 1. The van der Waals surface area contributed by atoms with Crippen LogP contribution in [0.1, 0.15) is 13.8 Å². The highest BCUT2D eigenvalue weighted by atomic mass is 35.5. The summed E-state index contributed by atoms with van der Waals surface area (Å²) in [6.45, 7) is 2.71. The van der Waals surface area contributed by atoms with Crippen LogP contribution in [0.15, 0.2) is 29.2 Å². The number of nitriles is 1. The van der Waals surface area contributed by atoms with Crippen LogP contribution in [0.3, 0.4) is 0 Å². The average molecular weight is 317 g/mol. The third-order valence-electron chi connectivity index (χ3n) is 2.27. The Morgan fingerprint density at radius 3 is 2.65 bits per heavy atom. The van der Waals surface area contributed by atoms with E-state index in [9.17, 15) is 13.2 Å². The minimum atomic E-state index is -3.89. The Morgan fingerprint density at radius 2 is 2.10 bits per heavy atom. The lowest BCUT2D eigenvalue weighted by molar-refractivity contribution is -0.147. The number of ether oxygens (including phenoxy) is 1. The van der Waals surface area contributed by atoms with E-state index in [1.807, 2.05) is 0 Å². The SMILES string of the molecule is C[C@H](NS(=O)(=O)c1cccc(Cl)c1)C(=O)O[C@@H](C)C#N. The van der Waals surface area contributed by atoms with Crippen molar-refractivity contribution < 1.29 is 17.9 Å². The Labute approximate surface area is 122 Å². The van der Waals surface area contributed by atoms with E-state index in [1.54, 1.807) is 6.07 Å². The van der Waals surface area contributed by atoms with Gasteiger partial charge in [0, 0.05) is 5.02 Å². The van der Waals surface area contributed by atoms with E-state index in [0.717, 1.165) is 0 Å². The zero-order chi connectivity index (χ0) is 15.3. The summed E-state index contributed by atoms with van der Waals surface area (Å²) in [5, 5.41) is 8.79. The molecule has 0 aliphatic carbocycles. The smallest absolute Gasteiger partial charge is 0.325 e. The summed E-state index contributed by atoms with van der Waals surface area (Å²) in [6, 6.07) is 6.23. The fourth-order valence-corrected chi connectivity index (χ4v) is 2.78. The molecular formula is C12H13ClN2O4S. The molecule has 0 saturated carbocycles. The van der Waals surface area contributed by atoms with Crippen molar-refractivity contribution in [3.8, 4) is 6.07 Å². The molecule has 0 radical (unpaired) electrons. The molecule has 0 fully saturated rings. The number of hydrogen-bond acceptors (Lipinski definition) is 5. The van der Waals surface area contributed by atoms with Gasteiger partial charge in [0.1, 0.15) is 12.1 Å². The molecule has 1 N–H and O–H groups in total. The van der Waals surface area contributed by atoms with Crippen LogP contribution in [0, 0.1) is 11.3 Å². The minimum Gasteiger partial charge on any atom is -0.446 e. The molecule has 1 rings (SSSR count). The molecule has 8 heteroatoms. The van der Waals surface area contributed by atoms with Crippen molar-refractivity contribution in [2.24, 2.45) is 0 Å². The standard InChI is InChI=1S/C12H13ClN2O4S/c1-8(7-14)19-12(16)9(2)15-20(17,18)11-5-3-4-10(13)6-11/h3-6,8-9,15H,1-2H3/t8-,9-/m0/s1. The zero-order valence-corrected chi connectivity index (χ0v) is 12.4. The van der Waals surface area contributed by atoms with Crippen molar-refractivity contribution in [2.75, 3.05) is 0 Å². The summed E-state index contributed by atoms with van der Waals surface area (Å²) in [4.78, 5) is 11.5. The number of benzene rings is 1. The molecule has 1 aromatic rings. The molecule has 0 unspecified atom stereocenters. The fourth-order valence-electron chi connectivity index (χ4n) is 1.29. The lowest BCUT2D eigenvalue weighted by atomic mass is 10.3. The van der Waals surface area contributed by atoms with Crippen LogP contribution in [0.2, 0.25) is 5.02 Å². The van der Waals surface area contributed by atoms with Gasteiger partial charge in [-0.05, 0) is 32.0 Å². The van der Waals surface area contributed by atoms with E-state index < -0.39 is 28.1 Å². The van der Waals surface area contributed by atoms with Crippen molar-refractivity contribution in [1.82, 2.24) is 4.72 Å². The van der Waals surface area contributed by atoms with E-state index in [4.69, 9.17) is 21.6 Å². The number of esters is 1. The predicted molar refractivity (Wildman–Crippen MR) is 72.4 cm³/mol. The lowest BCUT2D eigenvalue weighted by Crippen LogP contribution is -2.40. The summed E-state index contributed by atoms with van der Waals surface area (Å²) < 4.78 is 30.9. The molecule has 20 heavy (non-hydrogen) atoms. The molecule has 0 aromatic heterocycles. The number of carbonyl (C=O) groups is 1. The first kappa shape index (κ1) is 16.4. The Bertz CT molecular complexity index is 639. The second kappa shape index (κ2) is 6.70. The highest BCUT2D eigenvalue weighted by Gasteiger charge is 2.24. The van der Waals surface area contributed by atoms with Gasteiger partial charge >= 0.3 is 5.97 Å². The van der Waals surface area contributed by atoms with Gasteiger partial charge in [0.15, 0.2) is 6.10 Å². The Morgan fingerprint density at radius 1 is 1.45 bits per heavy atom. The first-order valence-corrected chi connectivity index (χ1v) is 7.50. The van der Waals surface area contributed by atoms with Gasteiger partial charge in [-0.25, -0.2) is 8.42 Å². The summed E-state index contributed by atoms with van der Waals surface area (Å²) in [6.07, 6.45) is -0.944. The van der Waals surface area contributed by atoms with Crippen LogP contribution in [-0.2, 0) is 19.6 Å². The van der Waals surface area contributed by atoms with E-state index in [-0.39, 0.29) is 9.92 Å². The average Bonchev–Trinajstić information content (AvgIpc) is 2.37. The predicted octanol–water partition coefficient (Wildman–Crippen LogP) is 1.46. The summed E-state index contributed by atoms with van der Waals surface area (Å²) >= 11 is 5.72.